The minimum atomic E-state index is 0.374. The molecule has 0 radical (unpaired) electrons. The van der Waals surface area contributed by atoms with Gasteiger partial charge in [0.1, 0.15) is 5.76 Å². The summed E-state index contributed by atoms with van der Waals surface area (Å²) in [5.74, 6) is 2.45. The molecule has 1 saturated heterocycles. The molecule has 128 valence electrons. The first-order valence-electron chi connectivity index (χ1n) is 9.06. The lowest BCUT2D eigenvalue weighted by Gasteiger charge is -2.37. The van der Waals surface area contributed by atoms with Crippen molar-refractivity contribution < 1.29 is 14.0 Å². The van der Waals surface area contributed by atoms with Crippen LogP contribution in [0.4, 0.5) is 0 Å². The number of hydrogen-bond acceptors (Lipinski definition) is 5. The van der Waals surface area contributed by atoms with Gasteiger partial charge in [0.05, 0.1) is 18.4 Å². The molecule has 1 aromatic rings. The molecule has 2 heterocycles. The maximum absolute atomic E-state index is 6.05. The number of ether oxygens (including phenoxy) is 2. The summed E-state index contributed by atoms with van der Waals surface area (Å²) in [4.78, 5) is 2.57. The fraction of sp³-hybridized carbons (Fsp3) is 0.833. The molecule has 0 amide bonds. The van der Waals surface area contributed by atoms with Crippen LogP contribution in [0.3, 0.4) is 0 Å². The molecule has 5 heteroatoms. The Hall–Kier alpha value is -0.910. The van der Waals surface area contributed by atoms with E-state index >= 15 is 0 Å². The second kappa shape index (κ2) is 6.54. The number of aryl methyl sites for hydroxylation is 2. The van der Waals surface area contributed by atoms with Crippen LogP contribution in [-0.4, -0.2) is 48.6 Å². The van der Waals surface area contributed by atoms with Gasteiger partial charge in [0.2, 0.25) is 0 Å². The van der Waals surface area contributed by atoms with Crippen LogP contribution in [0.15, 0.2) is 4.52 Å². The van der Waals surface area contributed by atoms with E-state index in [2.05, 4.69) is 10.1 Å². The lowest BCUT2D eigenvalue weighted by Crippen LogP contribution is -2.48. The maximum atomic E-state index is 6.05. The summed E-state index contributed by atoms with van der Waals surface area (Å²) in [6.45, 7) is 8.69. The number of rotatable bonds is 6. The van der Waals surface area contributed by atoms with Gasteiger partial charge in [-0.2, -0.15) is 0 Å². The second-order valence-corrected chi connectivity index (χ2v) is 7.57. The van der Waals surface area contributed by atoms with Gasteiger partial charge in [-0.15, -0.1) is 0 Å². The highest BCUT2D eigenvalue weighted by Gasteiger charge is 2.41. The van der Waals surface area contributed by atoms with Gasteiger partial charge < -0.3 is 14.0 Å². The van der Waals surface area contributed by atoms with E-state index in [0.29, 0.717) is 18.1 Å². The number of hydrogen-bond donors (Lipinski definition) is 0. The molecule has 3 unspecified atom stereocenters. The molecular formula is C18H28N2O3. The first-order valence-corrected chi connectivity index (χ1v) is 9.06. The van der Waals surface area contributed by atoms with E-state index in [-0.39, 0.29) is 0 Å². The van der Waals surface area contributed by atoms with Crippen molar-refractivity contribution in [3.63, 3.8) is 0 Å². The first kappa shape index (κ1) is 15.6. The summed E-state index contributed by atoms with van der Waals surface area (Å²) in [5.41, 5.74) is 2.27. The highest BCUT2D eigenvalue weighted by Crippen LogP contribution is 2.36. The summed E-state index contributed by atoms with van der Waals surface area (Å²) < 4.78 is 17.3. The third-order valence-corrected chi connectivity index (χ3v) is 5.70. The lowest BCUT2D eigenvalue weighted by atomic mass is 10.1. The molecule has 1 aliphatic heterocycles. The smallest absolute Gasteiger partial charge is 0.138 e. The Labute approximate surface area is 138 Å². The first-order chi connectivity index (χ1) is 11.2. The Morgan fingerprint density at radius 2 is 2.00 bits per heavy atom. The number of nitrogens with zero attached hydrogens (tertiary/aromatic N) is 2. The molecule has 0 N–H and O–H groups in total. The van der Waals surface area contributed by atoms with Crippen molar-refractivity contribution in [2.75, 3.05) is 26.4 Å². The lowest BCUT2D eigenvalue weighted by molar-refractivity contribution is -0.0592. The van der Waals surface area contributed by atoms with Crippen molar-refractivity contribution in [3.8, 4) is 0 Å². The fourth-order valence-electron chi connectivity index (χ4n) is 4.07. The van der Waals surface area contributed by atoms with Crippen LogP contribution in [0, 0.1) is 25.7 Å². The van der Waals surface area contributed by atoms with Crippen molar-refractivity contribution in [2.24, 2.45) is 11.8 Å². The third-order valence-electron chi connectivity index (χ3n) is 5.70. The summed E-state index contributed by atoms with van der Waals surface area (Å²) in [7, 11) is 0. The van der Waals surface area contributed by atoms with E-state index in [4.69, 9.17) is 14.0 Å². The van der Waals surface area contributed by atoms with Gasteiger partial charge in [-0.1, -0.05) is 5.16 Å². The molecule has 3 fully saturated rings. The third kappa shape index (κ3) is 3.47. The van der Waals surface area contributed by atoms with Crippen molar-refractivity contribution in [1.82, 2.24) is 10.1 Å². The van der Waals surface area contributed by atoms with Gasteiger partial charge in [-0.25, -0.2) is 0 Å². The summed E-state index contributed by atoms with van der Waals surface area (Å²) >= 11 is 0. The summed E-state index contributed by atoms with van der Waals surface area (Å²) in [5, 5.41) is 4.09. The average molecular weight is 320 g/mol. The molecule has 23 heavy (non-hydrogen) atoms. The molecule has 5 nitrogen and oxygen atoms in total. The van der Waals surface area contributed by atoms with Crippen molar-refractivity contribution >= 4 is 0 Å². The van der Waals surface area contributed by atoms with Crippen LogP contribution in [0.25, 0.3) is 0 Å². The molecule has 0 bridgehead atoms. The Balaban J connectivity index is 1.35. The van der Waals surface area contributed by atoms with Crippen LogP contribution in [0.5, 0.6) is 0 Å². The quantitative estimate of drug-likeness (QED) is 0.806. The van der Waals surface area contributed by atoms with E-state index in [9.17, 15) is 0 Å². The van der Waals surface area contributed by atoms with E-state index in [1.54, 1.807) is 0 Å². The minimum absolute atomic E-state index is 0.374. The molecule has 2 saturated carbocycles. The van der Waals surface area contributed by atoms with Crippen LogP contribution in [0.2, 0.25) is 0 Å². The Bertz CT molecular complexity index is 521. The zero-order valence-corrected chi connectivity index (χ0v) is 14.3. The SMILES string of the molecule is Cc1noc(C)c1CN1CCOC2CC(COCC3CC3)CC21. The van der Waals surface area contributed by atoms with Crippen LogP contribution in [-0.2, 0) is 16.0 Å². The zero-order valence-electron chi connectivity index (χ0n) is 14.3. The molecule has 0 spiro atoms. The van der Waals surface area contributed by atoms with Gasteiger partial charge in [-0.3, -0.25) is 4.90 Å². The van der Waals surface area contributed by atoms with Crippen molar-refractivity contribution in [3.05, 3.63) is 17.0 Å². The predicted octanol–water partition coefficient (Wildman–Crippen LogP) is 2.70. The van der Waals surface area contributed by atoms with Crippen molar-refractivity contribution in [1.29, 1.82) is 0 Å². The van der Waals surface area contributed by atoms with E-state index in [1.165, 1.54) is 24.8 Å². The number of fused-ring (bicyclic) bond motifs is 1. The minimum Gasteiger partial charge on any atom is -0.381 e. The number of aromatic nitrogens is 1. The molecule has 3 aliphatic rings. The largest absolute Gasteiger partial charge is 0.381 e. The second-order valence-electron chi connectivity index (χ2n) is 7.57. The zero-order chi connectivity index (χ0) is 15.8. The van der Waals surface area contributed by atoms with E-state index in [1.807, 2.05) is 13.8 Å². The molecule has 0 aromatic carbocycles. The maximum Gasteiger partial charge on any atom is 0.138 e. The summed E-state index contributed by atoms with van der Waals surface area (Å²) in [6, 6.07) is 0.520. The highest BCUT2D eigenvalue weighted by atomic mass is 16.5. The fourth-order valence-corrected chi connectivity index (χ4v) is 4.07. The molecule has 3 atom stereocenters. The number of morpholine rings is 1. The predicted molar refractivity (Wildman–Crippen MR) is 86.2 cm³/mol. The van der Waals surface area contributed by atoms with Crippen molar-refractivity contribution in [2.45, 2.75) is 58.2 Å². The highest BCUT2D eigenvalue weighted by molar-refractivity contribution is 5.21. The molecule has 1 aromatic heterocycles. The summed E-state index contributed by atoms with van der Waals surface area (Å²) in [6.07, 6.45) is 5.44. The van der Waals surface area contributed by atoms with E-state index < -0.39 is 0 Å². The van der Waals surface area contributed by atoms with Gasteiger partial charge in [-0.05, 0) is 51.4 Å². The monoisotopic (exact) mass is 320 g/mol. The average Bonchev–Trinajstić information content (AvgIpc) is 3.18. The standard InChI is InChI=1S/C18H28N2O3/c1-12-16(13(2)23-19-12)9-20-5-6-22-18-8-15(7-17(18)20)11-21-10-14-3-4-14/h14-15,17-18H,3-11H2,1-2H3. The van der Waals surface area contributed by atoms with Gasteiger partial charge in [0.15, 0.2) is 0 Å². The normalized spacial score (nSPS) is 31.5. The Morgan fingerprint density at radius 1 is 1.17 bits per heavy atom. The Morgan fingerprint density at radius 3 is 2.74 bits per heavy atom. The van der Waals surface area contributed by atoms with E-state index in [0.717, 1.165) is 56.7 Å². The van der Waals surface area contributed by atoms with Gasteiger partial charge >= 0.3 is 0 Å². The Kier molecular flexibility index (Phi) is 4.43. The van der Waals surface area contributed by atoms with Gasteiger partial charge in [0, 0.05) is 37.9 Å². The van der Waals surface area contributed by atoms with Crippen LogP contribution >= 0.6 is 0 Å². The molecule has 2 aliphatic carbocycles. The molecule has 4 rings (SSSR count). The van der Waals surface area contributed by atoms with Crippen LogP contribution in [0.1, 0.15) is 42.7 Å². The van der Waals surface area contributed by atoms with Crippen LogP contribution < -0.4 is 0 Å². The van der Waals surface area contributed by atoms with Gasteiger partial charge in [0.25, 0.3) is 0 Å². The topological polar surface area (TPSA) is 47.7 Å². The molecular weight excluding hydrogens is 292 g/mol.